The molecule has 0 amide bonds. The van der Waals surface area contributed by atoms with Crippen LogP contribution in [0.25, 0.3) is 0 Å². The number of rotatable bonds is 4. The van der Waals surface area contributed by atoms with Gasteiger partial charge in [-0.1, -0.05) is 11.3 Å². The van der Waals surface area contributed by atoms with Gasteiger partial charge in [-0.25, -0.2) is 21.6 Å². The minimum absolute atomic E-state index is 0.0765. The van der Waals surface area contributed by atoms with Crippen LogP contribution in [-0.4, -0.2) is 39.3 Å². The fourth-order valence-corrected chi connectivity index (χ4v) is 6.09. The van der Waals surface area contributed by atoms with E-state index in [-0.39, 0.29) is 27.1 Å². The van der Waals surface area contributed by atoms with Crippen molar-refractivity contribution in [2.45, 2.75) is 16.7 Å². The van der Waals surface area contributed by atoms with Crippen LogP contribution < -0.4 is 10.5 Å². The summed E-state index contributed by atoms with van der Waals surface area (Å²) in [7, 11) is -7.23. The van der Waals surface area contributed by atoms with E-state index in [0.29, 0.717) is 11.3 Å². The van der Waals surface area contributed by atoms with Gasteiger partial charge in [-0.15, -0.1) is 0 Å². The number of nitrogens with zero attached hydrogens (tertiary/aromatic N) is 1. The summed E-state index contributed by atoms with van der Waals surface area (Å²) in [6, 6.07) is 0.151. The van der Waals surface area contributed by atoms with Crippen molar-refractivity contribution in [1.82, 2.24) is 4.72 Å². The summed E-state index contributed by atoms with van der Waals surface area (Å²) in [6.07, 6.45) is 0.185. The molecule has 0 saturated carbocycles. The Labute approximate surface area is 118 Å². The Bertz CT molecular complexity index is 750. The Morgan fingerprint density at radius 2 is 2.15 bits per heavy atom. The molecule has 1 saturated heterocycles. The van der Waals surface area contributed by atoms with Gasteiger partial charge in [-0.2, -0.15) is 0 Å². The maximum Gasteiger partial charge on any atom is 0.304 e. The van der Waals surface area contributed by atoms with Gasteiger partial charge >= 0.3 is 5.69 Å². The number of nitrogens with two attached hydrogens (primary N) is 1. The molecule has 0 aliphatic carbocycles. The second-order valence-electron chi connectivity index (χ2n) is 4.29. The van der Waals surface area contributed by atoms with Gasteiger partial charge in [-0.3, -0.25) is 10.1 Å². The lowest BCUT2D eigenvalue weighted by Crippen LogP contribution is -2.35. The molecule has 2 heterocycles. The lowest BCUT2D eigenvalue weighted by molar-refractivity contribution is -0.383. The van der Waals surface area contributed by atoms with Crippen LogP contribution in [0.3, 0.4) is 0 Å². The number of thiophene rings is 1. The largest absolute Gasteiger partial charge is 0.385 e. The Morgan fingerprint density at radius 1 is 1.50 bits per heavy atom. The summed E-state index contributed by atoms with van der Waals surface area (Å²) in [5, 5.41) is 10.4. The maximum absolute atomic E-state index is 12.0. The quantitative estimate of drug-likeness (QED) is 0.564. The molecule has 0 bridgehead atoms. The van der Waals surface area contributed by atoms with E-state index in [1.54, 1.807) is 0 Å². The lowest BCUT2D eigenvalue weighted by atomic mass is 10.3. The number of sulfone groups is 1. The van der Waals surface area contributed by atoms with Crippen molar-refractivity contribution in [2.24, 2.45) is 0 Å². The highest BCUT2D eigenvalue weighted by molar-refractivity contribution is 7.92. The zero-order valence-corrected chi connectivity index (χ0v) is 12.4. The minimum Gasteiger partial charge on any atom is -0.385 e. The molecule has 0 aromatic carbocycles. The number of sulfonamides is 1. The summed E-state index contributed by atoms with van der Waals surface area (Å²) in [5.74, 6) is -0.345. The fraction of sp³-hybridized carbons (Fsp3) is 0.500. The summed E-state index contributed by atoms with van der Waals surface area (Å²) >= 11 is 0.569. The van der Waals surface area contributed by atoms with E-state index in [0.717, 1.165) is 6.07 Å². The Kier molecular flexibility index (Phi) is 3.75. The van der Waals surface area contributed by atoms with Crippen LogP contribution in [0, 0.1) is 10.1 Å². The third-order valence-corrected chi connectivity index (χ3v) is 7.45. The Morgan fingerprint density at radius 3 is 2.60 bits per heavy atom. The van der Waals surface area contributed by atoms with Gasteiger partial charge in [-0.05, 0) is 6.42 Å². The van der Waals surface area contributed by atoms with E-state index in [4.69, 9.17) is 5.73 Å². The number of hydrogen-bond donors (Lipinski definition) is 2. The van der Waals surface area contributed by atoms with Gasteiger partial charge in [0.25, 0.3) is 10.0 Å². The highest BCUT2D eigenvalue weighted by Gasteiger charge is 2.33. The van der Waals surface area contributed by atoms with Crippen molar-refractivity contribution in [1.29, 1.82) is 0 Å². The van der Waals surface area contributed by atoms with Crippen molar-refractivity contribution in [3.05, 3.63) is 16.2 Å². The average Bonchev–Trinajstić information content (AvgIpc) is 2.82. The van der Waals surface area contributed by atoms with E-state index in [2.05, 4.69) is 4.72 Å². The van der Waals surface area contributed by atoms with Crippen LogP contribution in [0.15, 0.2) is 10.3 Å². The zero-order chi connectivity index (χ0) is 15.1. The van der Waals surface area contributed by atoms with Crippen molar-refractivity contribution < 1.29 is 21.8 Å². The first-order chi connectivity index (χ1) is 9.11. The van der Waals surface area contributed by atoms with Gasteiger partial charge in [0.15, 0.2) is 14.8 Å². The Balaban J connectivity index is 2.23. The molecule has 1 unspecified atom stereocenters. The summed E-state index contributed by atoms with van der Waals surface area (Å²) in [4.78, 5) is 9.86. The molecule has 9 nitrogen and oxygen atoms in total. The van der Waals surface area contributed by atoms with Gasteiger partial charge in [0.2, 0.25) is 0 Å². The van der Waals surface area contributed by atoms with E-state index >= 15 is 0 Å². The molecule has 1 aromatic rings. The average molecular weight is 341 g/mol. The standard InChI is InChI=1S/C8H11N3O6S3/c9-8-6(11(12)13)3-7(18-8)20(16,17)10-5-1-2-19(14,15)4-5/h3,5,10H,1-2,4,9H2. The van der Waals surface area contributed by atoms with Crippen molar-refractivity contribution >= 4 is 41.9 Å². The molecule has 0 radical (unpaired) electrons. The molecule has 20 heavy (non-hydrogen) atoms. The van der Waals surface area contributed by atoms with E-state index in [1.165, 1.54) is 0 Å². The van der Waals surface area contributed by atoms with Crippen LogP contribution >= 0.6 is 11.3 Å². The molecule has 0 spiro atoms. The van der Waals surface area contributed by atoms with Gasteiger partial charge < -0.3 is 5.73 Å². The molecule has 1 fully saturated rings. The molecule has 1 aliphatic heterocycles. The van der Waals surface area contributed by atoms with Crippen LogP contribution in [-0.2, 0) is 19.9 Å². The predicted molar refractivity (Wildman–Crippen MR) is 72.8 cm³/mol. The van der Waals surface area contributed by atoms with Crippen LogP contribution in [0.5, 0.6) is 0 Å². The molecular weight excluding hydrogens is 330 g/mol. The molecule has 1 atom stereocenters. The summed E-state index contributed by atoms with van der Waals surface area (Å²) in [5.41, 5.74) is 4.90. The van der Waals surface area contributed by atoms with E-state index in [9.17, 15) is 26.9 Å². The second kappa shape index (κ2) is 4.95. The predicted octanol–water partition coefficient (Wildman–Crippen LogP) is -0.296. The normalized spacial score (nSPS) is 21.9. The number of nitro groups is 1. The number of hydrogen-bond acceptors (Lipinski definition) is 8. The van der Waals surface area contributed by atoms with Crippen LogP contribution in [0.2, 0.25) is 0 Å². The molecule has 12 heteroatoms. The van der Waals surface area contributed by atoms with Gasteiger partial charge in [0, 0.05) is 12.1 Å². The van der Waals surface area contributed by atoms with E-state index < -0.39 is 36.5 Å². The van der Waals surface area contributed by atoms with Crippen molar-refractivity contribution in [2.75, 3.05) is 17.2 Å². The molecule has 1 aliphatic rings. The number of nitrogens with one attached hydrogen (secondary N) is 1. The van der Waals surface area contributed by atoms with Gasteiger partial charge in [0.05, 0.1) is 16.4 Å². The van der Waals surface area contributed by atoms with Crippen LogP contribution in [0.4, 0.5) is 10.7 Å². The molecule has 1 aromatic heterocycles. The third kappa shape index (κ3) is 3.08. The van der Waals surface area contributed by atoms with Crippen LogP contribution in [0.1, 0.15) is 6.42 Å². The summed E-state index contributed by atoms with van der Waals surface area (Å²) < 4.78 is 48.5. The molecular formula is C8H11N3O6S3. The SMILES string of the molecule is Nc1sc(S(=O)(=O)NC2CCS(=O)(=O)C2)cc1[N+](=O)[O-]. The van der Waals surface area contributed by atoms with E-state index in [1.807, 2.05) is 0 Å². The first-order valence-electron chi connectivity index (χ1n) is 5.37. The first kappa shape index (κ1) is 15.2. The lowest BCUT2D eigenvalue weighted by Gasteiger charge is -2.09. The molecule has 112 valence electrons. The fourth-order valence-electron chi connectivity index (χ4n) is 1.81. The molecule has 3 N–H and O–H groups in total. The molecule has 2 rings (SSSR count). The smallest absolute Gasteiger partial charge is 0.304 e. The highest BCUT2D eigenvalue weighted by atomic mass is 32.2. The first-order valence-corrected chi connectivity index (χ1v) is 9.49. The Hall–Kier alpha value is -1.24. The zero-order valence-electron chi connectivity index (χ0n) is 9.97. The summed E-state index contributed by atoms with van der Waals surface area (Å²) in [6.45, 7) is 0. The monoisotopic (exact) mass is 341 g/mol. The highest BCUT2D eigenvalue weighted by Crippen LogP contribution is 2.34. The van der Waals surface area contributed by atoms with Crippen molar-refractivity contribution in [3.63, 3.8) is 0 Å². The van der Waals surface area contributed by atoms with Crippen molar-refractivity contribution in [3.8, 4) is 0 Å². The second-order valence-corrected chi connectivity index (χ2v) is 9.55. The maximum atomic E-state index is 12.0. The topological polar surface area (TPSA) is 149 Å². The minimum atomic E-state index is -4.01. The van der Waals surface area contributed by atoms with Gasteiger partial charge in [0.1, 0.15) is 4.21 Å². The number of nitrogen functional groups attached to an aromatic ring is 1. The number of anilines is 1. The third-order valence-electron chi connectivity index (χ3n) is 2.73.